The average Bonchev–Trinajstić information content (AvgIpc) is 2.94. The van der Waals surface area contributed by atoms with E-state index >= 15 is 0 Å². The number of halogens is 3. The van der Waals surface area contributed by atoms with Crippen LogP contribution in [-0.4, -0.2) is 24.3 Å². The Hall–Kier alpha value is -1.46. The van der Waals surface area contributed by atoms with Gasteiger partial charge in [-0.05, 0) is 24.1 Å². The van der Waals surface area contributed by atoms with Gasteiger partial charge < -0.3 is 10.6 Å². The summed E-state index contributed by atoms with van der Waals surface area (Å²) in [6, 6.07) is 12.7. The van der Waals surface area contributed by atoms with Gasteiger partial charge in [0.1, 0.15) is 0 Å². The first-order valence-electron chi connectivity index (χ1n) is 7.07. The van der Waals surface area contributed by atoms with Gasteiger partial charge in [0.25, 0.3) is 0 Å². The Morgan fingerprint density at radius 3 is 2.17 bits per heavy atom. The number of hydrogen-bond acceptors (Lipinski definition) is 3. The molecule has 132 valence electrons. The molecular formula is C17H23Cl3N4. The molecule has 0 amide bonds. The van der Waals surface area contributed by atoms with E-state index in [9.17, 15) is 0 Å². The molecule has 0 saturated heterocycles. The quantitative estimate of drug-likeness (QED) is 0.689. The summed E-state index contributed by atoms with van der Waals surface area (Å²) in [7, 11) is 4.11. The summed E-state index contributed by atoms with van der Waals surface area (Å²) in [6.45, 7) is 2.00. The topological polar surface area (TPSA) is 57.9 Å². The van der Waals surface area contributed by atoms with E-state index in [-0.39, 0.29) is 43.3 Å². The van der Waals surface area contributed by atoms with Crippen molar-refractivity contribution in [2.45, 2.75) is 13.0 Å². The lowest BCUT2D eigenvalue weighted by Gasteiger charge is -2.19. The van der Waals surface area contributed by atoms with Crippen molar-refractivity contribution in [1.29, 1.82) is 0 Å². The molecule has 0 aliphatic rings. The van der Waals surface area contributed by atoms with Gasteiger partial charge in [0.15, 0.2) is 0 Å². The summed E-state index contributed by atoms with van der Waals surface area (Å²) in [5.41, 5.74) is 11.7. The molecule has 0 fully saturated rings. The molecule has 0 radical (unpaired) electrons. The molecule has 3 rings (SSSR count). The minimum absolute atomic E-state index is 0. The van der Waals surface area contributed by atoms with Crippen molar-refractivity contribution in [1.82, 2.24) is 10.2 Å². The van der Waals surface area contributed by atoms with Gasteiger partial charge in [0.05, 0.1) is 17.4 Å². The summed E-state index contributed by atoms with van der Waals surface area (Å²) >= 11 is 0. The first kappa shape index (κ1) is 22.5. The molecule has 2 aromatic carbocycles. The molecular weight excluding hydrogens is 367 g/mol. The van der Waals surface area contributed by atoms with E-state index in [1.165, 1.54) is 16.8 Å². The number of aromatic amines is 1. The first-order chi connectivity index (χ1) is 10.1. The highest BCUT2D eigenvalue weighted by atomic mass is 35.5. The molecule has 0 bridgehead atoms. The minimum atomic E-state index is 0. The van der Waals surface area contributed by atoms with Crippen LogP contribution in [0.5, 0.6) is 0 Å². The monoisotopic (exact) mass is 388 g/mol. The fraction of sp³-hybridized carbons (Fsp3) is 0.235. The number of nitrogens with zero attached hydrogens (tertiary/aromatic N) is 2. The van der Waals surface area contributed by atoms with Crippen molar-refractivity contribution in [3.8, 4) is 11.1 Å². The van der Waals surface area contributed by atoms with Crippen molar-refractivity contribution in [3.05, 3.63) is 48.2 Å². The second-order valence-electron chi connectivity index (χ2n) is 5.60. The number of rotatable bonds is 3. The zero-order chi connectivity index (χ0) is 15.0. The number of H-pyrrole nitrogens is 1. The van der Waals surface area contributed by atoms with E-state index in [0.717, 1.165) is 16.5 Å². The van der Waals surface area contributed by atoms with Gasteiger partial charge in [-0.2, -0.15) is 5.10 Å². The van der Waals surface area contributed by atoms with Crippen LogP contribution in [0.15, 0.2) is 42.6 Å². The van der Waals surface area contributed by atoms with Crippen LogP contribution in [-0.2, 0) is 0 Å². The van der Waals surface area contributed by atoms with Gasteiger partial charge in [-0.15, -0.1) is 37.2 Å². The molecule has 3 aromatic rings. The molecule has 24 heavy (non-hydrogen) atoms. The Balaban J connectivity index is 0.00000176. The van der Waals surface area contributed by atoms with E-state index in [2.05, 4.69) is 65.6 Å². The molecule has 0 saturated carbocycles. The standard InChI is InChI=1S/C17H20N4.3ClH/c1-11(18)12-4-6-13(7-5-12)14-8-9-16-15(10-19-20-16)17(14)21(2)3;;;/h4-11H,18H2,1-3H3,(H,19,20);3*1H. The highest BCUT2D eigenvalue weighted by molar-refractivity contribution is 6.00. The van der Waals surface area contributed by atoms with Crippen LogP contribution in [0.1, 0.15) is 18.5 Å². The Bertz CT molecular complexity index is 767. The molecule has 3 N–H and O–H groups in total. The maximum absolute atomic E-state index is 5.92. The van der Waals surface area contributed by atoms with Crippen molar-refractivity contribution < 1.29 is 0 Å². The van der Waals surface area contributed by atoms with Crippen molar-refractivity contribution in [3.63, 3.8) is 0 Å². The molecule has 4 nitrogen and oxygen atoms in total. The van der Waals surface area contributed by atoms with Crippen molar-refractivity contribution in [2.24, 2.45) is 5.73 Å². The summed E-state index contributed by atoms with van der Waals surface area (Å²) < 4.78 is 0. The molecule has 1 aromatic heterocycles. The fourth-order valence-corrected chi connectivity index (χ4v) is 2.68. The third kappa shape index (κ3) is 4.14. The number of fused-ring (bicyclic) bond motifs is 1. The second-order valence-corrected chi connectivity index (χ2v) is 5.60. The Morgan fingerprint density at radius 2 is 1.62 bits per heavy atom. The predicted molar refractivity (Wildman–Crippen MR) is 110 cm³/mol. The molecule has 1 atom stereocenters. The summed E-state index contributed by atoms with van der Waals surface area (Å²) in [6.07, 6.45) is 1.88. The Morgan fingerprint density at radius 1 is 1.00 bits per heavy atom. The number of aromatic nitrogens is 2. The van der Waals surface area contributed by atoms with Crippen molar-refractivity contribution >= 4 is 53.8 Å². The Kier molecular flexibility index (Phi) is 8.58. The van der Waals surface area contributed by atoms with Gasteiger partial charge in [-0.25, -0.2) is 0 Å². The molecule has 7 heteroatoms. The van der Waals surface area contributed by atoms with E-state index in [1.54, 1.807) is 0 Å². The van der Waals surface area contributed by atoms with Gasteiger partial charge in [-0.1, -0.05) is 30.3 Å². The summed E-state index contributed by atoms with van der Waals surface area (Å²) in [5, 5.41) is 8.31. The third-order valence-corrected chi connectivity index (χ3v) is 3.79. The lowest BCUT2D eigenvalue weighted by molar-refractivity contribution is 0.818. The van der Waals surface area contributed by atoms with Crippen molar-refractivity contribution in [2.75, 3.05) is 19.0 Å². The van der Waals surface area contributed by atoms with Gasteiger partial charge in [-0.3, -0.25) is 5.10 Å². The summed E-state index contributed by atoms with van der Waals surface area (Å²) in [5.74, 6) is 0. The van der Waals surface area contributed by atoms with Crippen LogP contribution < -0.4 is 10.6 Å². The van der Waals surface area contributed by atoms with E-state index in [0.29, 0.717) is 0 Å². The van der Waals surface area contributed by atoms with Gasteiger partial charge >= 0.3 is 0 Å². The van der Waals surface area contributed by atoms with Crippen LogP contribution in [0.4, 0.5) is 5.69 Å². The lowest BCUT2D eigenvalue weighted by Crippen LogP contribution is -2.10. The van der Waals surface area contributed by atoms with Crippen LogP contribution in [0.2, 0.25) is 0 Å². The lowest BCUT2D eigenvalue weighted by atomic mass is 9.98. The highest BCUT2D eigenvalue weighted by Crippen LogP contribution is 2.36. The van der Waals surface area contributed by atoms with Crippen LogP contribution in [0, 0.1) is 0 Å². The molecule has 0 aliphatic heterocycles. The minimum Gasteiger partial charge on any atom is -0.377 e. The zero-order valence-electron chi connectivity index (χ0n) is 13.8. The first-order valence-corrected chi connectivity index (χ1v) is 7.07. The predicted octanol–water partition coefficient (Wildman–Crippen LogP) is 4.58. The molecule has 0 spiro atoms. The van der Waals surface area contributed by atoms with Gasteiger partial charge in [0.2, 0.25) is 0 Å². The fourth-order valence-electron chi connectivity index (χ4n) is 2.68. The van der Waals surface area contributed by atoms with E-state index in [4.69, 9.17) is 5.73 Å². The normalized spacial score (nSPS) is 11.0. The molecule has 0 aliphatic carbocycles. The van der Waals surface area contributed by atoms with Crippen LogP contribution in [0.25, 0.3) is 22.0 Å². The third-order valence-electron chi connectivity index (χ3n) is 3.79. The number of benzene rings is 2. The van der Waals surface area contributed by atoms with Crippen LogP contribution >= 0.6 is 37.2 Å². The van der Waals surface area contributed by atoms with Crippen LogP contribution in [0.3, 0.4) is 0 Å². The zero-order valence-corrected chi connectivity index (χ0v) is 16.3. The average molecular weight is 390 g/mol. The number of anilines is 1. The smallest absolute Gasteiger partial charge is 0.0671 e. The van der Waals surface area contributed by atoms with E-state index in [1.807, 2.05) is 13.1 Å². The number of nitrogens with one attached hydrogen (secondary N) is 1. The molecule has 1 unspecified atom stereocenters. The summed E-state index contributed by atoms with van der Waals surface area (Å²) in [4.78, 5) is 2.13. The maximum Gasteiger partial charge on any atom is 0.0671 e. The number of hydrogen-bond donors (Lipinski definition) is 2. The maximum atomic E-state index is 5.92. The SMILES string of the molecule is CC(N)c1ccc(-c2ccc3[nH]ncc3c2N(C)C)cc1.Cl.Cl.Cl. The largest absolute Gasteiger partial charge is 0.377 e. The van der Waals surface area contributed by atoms with Gasteiger partial charge in [0, 0.05) is 31.1 Å². The highest BCUT2D eigenvalue weighted by Gasteiger charge is 2.13. The molecule has 1 heterocycles. The Labute approximate surface area is 161 Å². The van der Waals surface area contributed by atoms with E-state index < -0.39 is 0 Å². The second kappa shape index (κ2) is 9.14. The number of nitrogens with two attached hydrogens (primary N) is 1.